The first kappa shape index (κ1) is 23.6. The van der Waals surface area contributed by atoms with Crippen LogP contribution in [0.25, 0.3) is 0 Å². The van der Waals surface area contributed by atoms with Crippen molar-refractivity contribution >= 4 is 5.97 Å². The predicted octanol–water partition coefficient (Wildman–Crippen LogP) is 6.99. The van der Waals surface area contributed by atoms with Crippen molar-refractivity contribution in [3.63, 3.8) is 0 Å². The number of aliphatic hydroxyl groups is 1. The lowest BCUT2D eigenvalue weighted by atomic mass is 9.43. The summed E-state index contributed by atoms with van der Waals surface area (Å²) in [6.45, 7) is 16.5. The van der Waals surface area contributed by atoms with Crippen LogP contribution >= 0.6 is 0 Å². The molecule has 3 heteroatoms. The molecule has 0 saturated heterocycles. The molecule has 2 fully saturated rings. The van der Waals surface area contributed by atoms with Crippen LogP contribution in [0, 0.1) is 39.4 Å². The van der Waals surface area contributed by atoms with Crippen LogP contribution < -0.4 is 0 Å². The zero-order chi connectivity index (χ0) is 24.0. The summed E-state index contributed by atoms with van der Waals surface area (Å²) in [5, 5.41) is 10.8. The van der Waals surface area contributed by atoms with Crippen molar-refractivity contribution in [1.29, 1.82) is 0 Å². The summed E-state index contributed by atoms with van der Waals surface area (Å²) in [5.74, 6) is 1.44. The molecule has 33 heavy (non-hydrogen) atoms. The topological polar surface area (TPSA) is 46.5 Å². The fourth-order valence-electron chi connectivity index (χ4n) is 9.80. The Bertz CT molecular complexity index is 912. The van der Waals surface area contributed by atoms with E-state index in [2.05, 4.69) is 47.6 Å². The SMILES string of the molecule is CC1=CC[C@H]([C@@H](C)[C@H]2CC[C@@]3(C)C4=C(CC[C@]23C)[C@@]2(C)CC[C@H](O)C(C)(C)[C@@H]2CC4)OC1=O. The third kappa shape index (κ3) is 3.06. The van der Waals surface area contributed by atoms with Gasteiger partial charge in [0.15, 0.2) is 0 Å². The number of esters is 1. The van der Waals surface area contributed by atoms with Gasteiger partial charge in [-0.3, -0.25) is 0 Å². The minimum absolute atomic E-state index is 0.00355. The number of hydrogen-bond acceptors (Lipinski definition) is 3. The number of ether oxygens (including phenoxy) is 1. The van der Waals surface area contributed by atoms with Crippen molar-refractivity contribution in [3.05, 3.63) is 22.8 Å². The summed E-state index contributed by atoms with van der Waals surface area (Å²) in [6, 6.07) is 0. The zero-order valence-corrected chi connectivity index (χ0v) is 22.1. The lowest BCUT2D eigenvalue weighted by molar-refractivity contribution is -0.150. The number of carbonyl (C=O) groups excluding carboxylic acids is 1. The molecule has 5 rings (SSSR count). The lowest BCUT2D eigenvalue weighted by Crippen LogP contribution is -2.55. The number of aliphatic hydroxyl groups excluding tert-OH is 1. The van der Waals surface area contributed by atoms with Gasteiger partial charge in [-0.2, -0.15) is 0 Å². The Balaban J connectivity index is 1.48. The highest BCUT2D eigenvalue weighted by Gasteiger charge is 2.63. The molecule has 8 atom stereocenters. The molecule has 1 aliphatic heterocycles. The molecule has 0 aromatic rings. The van der Waals surface area contributed by atoms with Gasteiger partial charge < -0.3 is 9.84 Å². The molecule has 1 N–H and O–H groups in total. The number of carbonyl (C=O) groups is 1. The Hall–Kier alpha value is -1.09. The van der Waals surface area contributed by atoms with Crippen molar-refractivity contribution in [2.24, 2.45) is 39.4 Å². The molecular formula is C30H46O3. The standard InChI is InChI=1S/C30H46O3/c1-18-8-10-23(33-26(18)32)19(2)20-12-16-30(7)22-9-11-24-27(3,4)25(31)14-15-28(24,5)21(22)13-17-29(20,30)6/h8,19-20,23-25,31H,9-17H2,1-7H3/t19-,20+,23+,24-,25-,28+,29+,30-/m0/s1. The second kappa shape index (κ2) is 7.45. The number of cyclic esters (lactones) is 1. The van der Waals surface area contributed by atoms with Crippen LogP contribution in [0.4, 0.5) is 0 Å². The molecule has 184 valence electrons. The largest absolute Gasteiger partial charge is 0.458 e. The Morgan fingerprint density at radius 2 is 1.73 bits per heavy atom. The fraction of sp³-hybridized carbons (Fsp3) is 0.833. The normalized spacial score (nSPS) is 47.8. The fourth-order valence-corrected chi connectivity index (χ4v) is 9.80. The molecule has 5 aliphatic rings. The van der Waals surface area contributed by atoms with Crippen molar-refractivity contribution in [3.8, 4) is 0 Å². The third-order valence-electron chi connectivity index (χ3n) is 12.3. The number of hydrogen-bond donors (Lipinski definition) is 1. The summed E-state index contributed by atoms with van der Waals surface area (Å²) in [5.41, 5.74) is 5.07. The molecule has 0 aromatic carbocycles. The zero-order valence-electron chi connectivity index (χ0n) is 22.1. The molecule has 2 saturated carbocycles. The quantitative estimate of drug-likeness (QED) is 0.361. The van der Waals surface area contributed by atoms with Gasteiger partial charge in [-0.05, 0) is 97.7 Å². The Labute approximate surface area is 201 Å². The maximum absolute atomic E-state index is 12.3. The molecule has 0 aromatic heterocycles. The van der Waals surface area contributed by atoms with Crippen molar-refractivity contribution < 1.29 is 14.6 Å². The third-order valence-corrected chi connectivity index (χ3v) is 12.3. The second-order valence-corrected chi connectivity index (χ2v) is 13.7. The molecule has 0 radical (unpaired) electrons. The molecule has 0 spiro atoms. The average molecular weight is 455 g/mol. The molecule has 4 aliphatic carbocycles. The van der Waals surface area contributed by atoms with Gasteiger partial charge in [-0.1, -0.05) is 58.8 Å². The van der Waals surface area contributed by atoms with Crippen molar-refractivity contribution in [1.82, 2.24) is 0 Å². The van der Waals surface area contributed by atoms with Gasteiger partial charge in [0.1, 0.15) is 6.10 Å². The number of fused-ring (bicyclic) bond motifs is 4. The average Bonchev–Trinajstić information content (AvgIpc) is 3.04. The summed E-state index contributed by atoms with van der Waals surface area (Å²) in [4.78, 5) is 12.3. The first-order valence-electron chi connectivity index (χ1n) is 13.6. The van der Waals surface area contributed by atoms with E-state index in [1.807, 2.05) is 6.92 Å². The van der Waals surface area contributed by atoms with Crippen LogP contribution in [0.2, 0.25) is 0 Å². The molecule has 0 amide bonds. The van der Waals surface area contributed by atoms with E-state index < -0.39 is 0 Å². The highest BCUT2D eigenvalue weighted by atomic mass is 16.5. The van der Waals surface area contributed by atoms with E-state index in [4.69, 9.17) is 4.74 Å². The van der Waals surface area contributed by atoms with E-state index in [9.17, 15) is 9.90 Å². The minimum atomic E-state index is -0.172. The van der Waals surface area contributed by atoms with Crippen LogP contribution in [0.15, 0.2) is 22.8 Å². The first-order valence-corrected chi connectivity index (χ1v) is 13.6. The summed E-state index contributed by atoms with van der Waals surface area (Å²) < 4.78 is 5.91. The molecule has 0 unspecified atom stereocenters. The Kier molecular flexibility index (Phi) is 5.34. The van der Waals surface area contributed by atoms with Gasteiger partial charge in [0.25, 0.3) is 0 Å². The van der Waals surface area contributed by atoms with Gasteiger partial charge >= 0.3 is 5.97 Å². The summed E-state index contributed by atoms with van der Waals surface area (Å²) >= 11 is 0. The minimum Gasteiger partial charge on any atom is -0.458 e. The van der Waals surface area contributed by atoms with Crippen LogP contribution in [-0.4, -0.2) is 23.3 Å². The first-order chi connectivity index (χ1) is 15.4. The Morgan fingerprint density at radius 1 is 1.00 bits per heavy atom. The second-order valence-electron chi connectivity index (χ2n) is 13.7. The van der Waals surface area contributed by atoms with E-state index in [1.165, 1.54) is 38.5 Å². The highest BCUT2D eigenvalue weighted by molar-refractivity contribution is 5.88. The lowest BCUT2D eigenvalue weighted by Gasteiger charge is -2.62. The van der Waals surface area contributed by atoms with Crippen LogP contribution in [0.1, 0.15) is 106 Å². The van der Waals surface area contributed by atoms with E-state index in [0.717, 1.165) is 24.8 Å². The maximum atomic E-state index is 12.3. The van der Waals surface area contributed by atoms with E-state index in [1.54, 1.807) is 11.1 Å². The van der Waals surface area contributed by atoms with Crippen molar-refractivity contribution in [2.75, 3.05) is 0 Å². The van der Waals surface area contributed by atoms with E-state index in [0.29, 0.717) is 17.8 Å². The molecular weight excluding hydrogens is 408 g/mol. The molecule has 0 bridgehead atoms. The highest BCUT2D eigenvalue weighted by Crippen LogP contribution is 2.72. The summed E-state index contributed by atoms with van der Waals surface area (Å²) in [7, 11) is 0. The number of allylic oxidation sites excluding steroid dienone is 2. The monoisotopic (exact) mass is 454 g/mol. The van der Waals surface area contributed by atoms with Gasteiger partial charge in [0.2, 0.25) is 0 Å². The van der Waals surface area contributed by atoms with Crippen molar-refractivity contribution in [2.45, 2.75) is 118 Å². The predicted molar refractivity (Wildman–Crippen MR) is 132 cm³/mol. The van der Waals surface area contributed by atoms with Gasteiger partial charge in [-0.25, -0.2) is 4.79 Å². The van der Waals surface area contributed by atoms with Crippen LogP contribution in [-0.2, 0) is 9.53 Å². The van der Waals surface area contributed by atoms with Gasteiger partial charge in [-0.15, -0.1) is 0 Å². The molecule has 1 heterocycles. The van der Waals surface area contributed by atoms with Crippen LogP contribution in [0.3, 0.4) is 0 Å². The maximum Gasteiger partial charge on any atom is 0.333 e. The smallest absolute Gasteiger partial charge is 0.333 e. The van der Waals surface area contributed by atoms with Gasteiger partial charge in [0, 0.05) is 12.0 Å². The van der Waals surface area contributed by atoms with E-state index >= 15 is 0 Å². The summed E-state index contributed by atoms with van der Waals surface area (Å²) in [6.07, 6.45) is 12.3. The molecule has 3 nitrogen and oxygen atoms in total. The van der Waals surface area contributed by atoms with Gasteiger partial charge in [0.05, 0.1) is 6.10 Å². The van der Waals surface area contributed by atoms with Crippen LogP contribution in [0.5, 0.6) is 0 Å². The Morgan fingerprint density at radius 3 is 2.42 bits per heavy atom. The van der Waals surface area contributed by atoms with E-state index in [-0.39, 0.29) is 39.8 Å². The number of rotatable bonds is 2.